The summed E-state index contributed by atoms with van der Waals surface area (Å²) in [5, 5.41) is 8.00. The molecule has 0 spiro atoms. The Morgan fingerprint density at radius 1 is 1.07 bits per heavy atom. The topological polar surface area (TPSA) is 70.7 Å². The number of guanidine groups is 1. The van der Waals surface area contributed by atoms with Crippen molar-refractivity contribution in [3.05, 3.63) is 65.4 Å². The molecule has 6 heteroatoms. The van der Waals surface area contributed by atoms with Gasteiger partial charge in [0.15, 0.2) is 5.96 Å². The van der Waals surface area contributed by atoms with Crippen LogP contribution in [-0.2, 0) is 17.7 Å². The first-order chi connectivity index (χ1) is 14.7. The molecule has 160 valence electrons. The van der Waals surface area contributed by atoms with E-state index in [1.165, 1.54) is 22.2 Å². The zero-order chi connectivity index (χ0) is 21.2. The van der Waals surface area contributed by atoms with Crippen molar-refractivity contribution in [2.45, 2.75) is 26.8 Å². The van der Waals surface area contributed by atoms with Gasteiger partial charge in [0.25, 0.3) is 0 Å². The van der Waals surface area contributed by atoms with Gasteiger partial charge in [0, 0.05) is 49.9 Å². The molecule has 0 saturated heterocycles. The van der Waals surface area contributed by atoms with E-state index in [0.717, 1.165) is 30.2 Å². The molecule has 0 aliphatic carbocycles. The third-order valence-corrected chi connectivity index (χ3v) is 4.85. The highest BCUT2D eigenvalue weighted by Crippen LogP contribution is 2.20. The molecule has 0 aliphatic heterocycles. The largest absolute Gasteiger partial charge is 0.491 e. The van der Waals surface area contributed by atoms with Crippen LogP contribution in [0.25, 0.3) is 10.9 Å². The number of H-pyrrole nitrogens is 1. The molecule has 0 atom stereocenters. The summed E-state index contributed by atoms with van der Waals surface area (Å²) in [6.07, 6.45) is 0.895. The van der Waals surface area contributed by atoms with Crippen LogP contribution in [-0.4, -0.2) is 44.4 Å². The second kappa shape index (κ2) is 11.3. The molecule has 0 bridgehead atoms. The Morgan fingerprint density at radius 2 is 1.93 bits per heavy atom. The molecule has 2 aromatic carbocycles. The molecule has 6 nitrogen and oxygen atoms in total. The Labute approximate surface area is 178 Å². The van der Waals surface area contributed by atoms with Gasteiger partial charge in [0.2, 0.25) is 0 Å². The summed E-state index contributed by atoms with van der Waals surface area (Å²) in [6, 6.07) is 16.8. The van der Waals surface area contributed by atoms with Gasteiger partial charge >= 0.3 is 0 Å². The zero-order valence-electron chi connectivity index (χ0n) is 18.1. The average Bonchev–Trinajstić information content (AvgIpc) is 3.17. The summed E-state index contributed by atoms with van der Waals surface area (Å²) < 4.78 is 11.3. The minimum Gasteiger partial charge on any atom is -0.491 e. The number of aliphatic imine (C=N–C) groups is 1. The molecule has 30 heavy (non-hydrogen) atoms. The number of fused-ring (bicyclic) bond motifs is 1. The molecule has 3 aromatic rings. The highest BCUT2D eigenvalue weighted by molar-refractivity contribution is 5.81. The van der Waals surface area contributed by atoms with Gasteiger partial charge < -0.3 is 25.1 Å². The maximum absolute atomic E-state index is 5.92. The van der Waals surface area contributed by atoms with Crippen LogP contribution >= 0.6 is 0 Å². The SMILES string of the molecule is CCOCCOc1cc(C)ccc1CNC(=NC)NCCc1cc2ccccc2[nH]1. The predicted molar refractivity (Wildman–Crippen MR) is 123 cm³/mol. The molecule has 0 unspecified atom stereocenters. The number of nitrogens with one attached hydrogen (secondary N) is 3. The Kier molecular flexibility index (Phi) is 8.15. The standard InChI is InChI=1S/C24H32N4O2/c1-4-29-13-14-30-23-15-18(2)9-10-20(23)17-27-24(25-3)26-12-11-21-16-19-7-5-6-8-22(19)28-21/h5-10,15-16,28H,4,11-14,17H2,1-3H3,(H2,25,26,27). The Morgan fingerprint density at radius 3 is 2.73 bits per heavy atom. The quantitative estimate of drug-likeness (QED) is 0.271. The number of aromatic nitrogens is 1. The van der Waals surface area contributed by atoms with Crippen LogP contribution in [0.3, 0.4) is 0 Å². The van der Waals surface area contributed by atoms with Crippen molar-refractivity contribution in [2.24, 2.45) is 4.99 Å². The predicted octanol–water partition coefficient (Wildman–Crippen LogP) is 3.80. The van der Waals surface area contributed by atoms with Crippen molar-refractivity contribution in [2.75, 3.05) is 33.4 Å². The van der Waals surface area contributed by atoms with Crippen molar-refractivity contribution in [1.29, 1.82) is 0 Å². The number of hydrogen-bond acceptors (Lipinski definition) is 3. The first kappa shape index (κ1) is 21.7. The molecule has 3 N–H and O–H groups in total. The summed E-state index contributed by atoms with van der Waals surface area (Å²) in [7, 11) is 1.78. The van der Waals surface area contributed by atoms with Gasteiger partial charge in [-0.15, -0.1) is 0 Å². The fourth-order valence-electron chi connectivity index (χ4n) is 3.28. The minimum atomic E-state index is 0.543. The number of benzene rings is 2. The van der Waals surface area contributed by atoms with Crippen molar-refractivity contribution >= 4 is 16.9 Å². The van der Waals surface area contributed by atoms with E-state index < -0.39 is 0 Å². The molecule has 1 aromatic heterocycles. The van der Waals surface area contributed by atoms with Crippen LogP contribution in [0.4, 0.5) is 0 Å². The van der Waals surface area contributed by atoms with E-state index in [0.29, 0.717) is 26.4 Å². The highest BCUT2D eigenvalue weighted by atomic mass is 16.5. The molecule has 3 rings (SSSR count). The maximum atomic E-state index is 5.92. The lowest BCUT2D eigenvalue weighted by Crippen LogP contribution is -2.38. The van der Waals surface area contributed by atoms with E-state index in [-0.39, 0.29) is 0 Å². The van der Waals surface area contributed by atoms with Crippen molar-refractivity contribution in [3.8, 4) is 5.75 Å². The van der Waals surface area contributed by atoms with Crippen LogP contribution in [0, 0.1) is 6.92 Å². The Bertz CT molecular complexity index is 932. The number of ether oxygens (including phenoxy) is 2. The molecule has 0 fully saturated rings. The van der Waals surface area contributed by atoms with Crippen LogP contribution in [0.2, 0.25) is 0 Å². The highest BCUT2D eigenvalue weighted by Gasteiger charge is 2.07. The minimum absolute atomic E-state index is 0.543. The molecular weight excluding hydrogens is 376 g/mol. The number of aryl methyl sites for hydroxylation is 1. The zero-order valence-corrected chi connectivity index (χ0v) is 18.1. The molecule has 0 aliphatic rings. The summed E-state index contributed by atoms with van der Waals surface area (Å²) >= 11 is 0. The van der Waals surface area contributed by atoms with E-state index >= 15 is 0 Å². The van der Waals surface area contributed by atoms with E-state index in [1.54, 1.807) is 7.05 Å². The monoisotopic (exact) mass is 408 g/mol. The summed E-state index contributed by atoms with van der Waals surface area (Å²) in [5.74, 6) is 1.66. The van der Waals surface area contributed by atoms with Gasteiger partial charge in [-0.1, -0.05) is 30.3 Å². The van der Waals surface area contributed by atoms with Crippen LogP contribution in [0.1, 0.15) is 23.7 Å². The smallest absolute Gasteiger partial charge is 0.191 e. The first-order valence-electron chi connectivity index (χ1n) is 10.5. The van der Waals surface area contributed by atoms with E-state index in [4.69, 9.17) is 9.47 Å². The number of aromatic amines is 1. The lowest BCUT2D eigenvalue weighted by molar-refractivity contribution is 0.110. The molecule has 0 amide bonds. The average molecular weight is 409 g/mol. The van der Waals surface area contributed by atoms with Gasteiger partial charge in [-0.25, -0.2) is 0 Å². The number of nitrogens with zero attached hydrogens (tertiary/aromatic N) is 1. The second-order valence-electron chi connectivity index (χ2n) is 7.14. The first-order valence-corrected chi connectivity index (χ1v) is 10.5. The number of para-hydroxylation sites is 1. The summed E-state index contributed by atoms with van der Waals surface area (Å²) in [4.78, 5) is 7.79. The maximum Gasteiger partial charge on any atom is 0.191 e. The van der Waals surface area contributed by atoms with Gasteiger partial charge in [0.05, 0.1) is 6.61 Å². The third kappa shape index (κ3) is 6.26. The van der Waals surface area contributed by atoms with E-state index in [9.17, 15) is 0 Å². The fourth-order valence-corrected chi connectivity index (χ4v) is 3.28. The van der Waals surface area contributed by atoms with E-state index in [2.05, 4.69) is 70.0 Å². The van der Waals surface area contributed by atoms with Gasteiger partial charge in [-0.2, -0.15) is 0 Å². The Hall–Kier alpha value is -2.99. The van der Waals surface area contributed by atoms with Crippen LogP contribution < -0.4 is 15.4 Å². The number of hydrogen-bond donors (Lipinski definition) is 3. The third-order valence-electron chi connectivity index (χ3n) is 4.85. The van der Waals surface area contributed by atoms with Gasteiger partial charge in [-0.3, -0.25) is 4.99 Å². The second-order valence-corrected chi connectivity index (χ2v) is 7.14. The lowest BCUT2D eigenvalue weighted by atomic mass is 10.1. The normalized spacial score (nSPS) is 11.6. The van der Waals surface area contributed by atoms with Gasteiger partial charge in [-0.05, 0) is 43.0 Å². The lowest BCUT2D eigenvalue weighted by Gasteiger charge is -2.15. The Balaban J connectivity index is 1.50. The number of rotatable bonds is 10. The van der Waals surface area contributed by atoms with E-state index in [1.807, 2.05) is 13.0 Å². The molecular formula is C24H32N4O2. The van der Waals surface area contributed by atoms with Crippen LogP contribution in [0.15, 0.2) is 53.5 Å². The molecule has 0 radical (unpaired) electrons. The summed E-state index contributed by atoms with van der Waals surface area (Å²) in [6.45, 7) is 7.31. The van der Waals surface area contributed by atoms with Crippen molar-refractivity contribution < 1.29 is 9.47 Å². The van der Waals surface area contributed by atoms with Crippen molar-refractivity contribution in [3.63, 3.8) is 0 Å². The van der Waals surface area contributed by atoms with Crippen LogP contribution in [0.5, 0.6) is 5.75 Å². The fraction of sp³-hybridized carbons (Fsp3) is 0.375. The van der Waals surface area contributed by atoms with Gasteiger partial charge in [0.1, 0.15) is 12.4 Å². The van der Waals surface area contributed by atoms with Crippen molar-refractivity contribution in [1.82, 2.24) is 15.6 Å². The summed E-state index contributed by atoms with van der Waals surface area (Å²) in [5.41, 5.74) is 4.65. The molecule has 1 heterocycles. The molecule has 0 saturated carbocycles.